The van der Waals surface area contributed by atoms with Crippen LogP contribution in [0.2, 0.25) is 0 Å². The highest BCUT2D eigenvalue weighted by Gasteiger charge is 2.22. The van der Waals surface area contributed by atoms with Gasteiger partial charge >= 0.3 is 0 Å². The van der Waals surface area contributed by atoms with Gasteiger partial charge < -0.3 is 20.3 Å². The van der Waals surface area contributed by atoms with E-state index in [1.54, 1.807) is 20.1 Å². The highest BCUT2D eigenvalue weighted by molar-refractivity contribution is 6.02. The molecule has 1 aliphatic rings. The second-order valence-corrected chi connectivity index (χ2v) is 5.46. The van der Waals surface area contributed by atoms with Crippen LogP contribution in [0.3, 0.4) is 0 Å². The summed E-state index contributed by atoms with van der Waals surface area (Å²) in [5.74, 6) is 0.577. The lowest BCUT2D eigenvalue weighted by atomic mass is 9.92. The number of nitrogens with one attached hydrogen (secondary N) is 1. The largest absolute Gasteiger partial charge is 0.497 e. The van der Waals surface area contributed by atoms with Crippen LogP contribution in [0.15, 0.2) is 41.5 Å². The molecule has 1 aromatic rings. The van der Waals surface area contributed by atoms with Crippen LogP contribution in [0.1, 0.15) is 31.7 Å². The summed E-state index contributed by atoms with van der Waals surface area (Å²) in [6, 6.07) is 7.59. The molecular weight excluding hydrogens is 294 g/mol. The first-order valence-corrected chi connectivity index (χ1v) is 7.72. The zero-order valence-electron chi connectivity index (χ0n) is 13.5. The maximum Gasteiger partial charge on any atom is 0.247 e. The molecule has 3 N–H and O–H groups in total. The van der Waals surface area contributed by atoms with Gasteiger partial charge in [0.1, 0.15) is 5.75 Å². The van der Waals surface area contributed by atoms with E-state index in [1.807, 2.05) is 24.3 Å². The molecule has 5 heteroatoms. The smallest absolute Gasteiger partial charge is 0.247 e. The number of aliphatic hydroxyl groups excluding tert-OH is 1. The standard InChI is InChI=1S/C18H23NO4/c1-3-12(18(21)22)11-16-15(8-5-9-19-17(16)20)13-6-4-7-14(10-13)23-2/h3-4,6-7,10,18,21-22H,5,8-9,11H2,1-2H3,(H,19,20). The number of methoxy groups -OCH3 is 1. The SMILES string of the molecule is CC=C(CC1=C(c2cccc(OC)c2)CCCNC1=O)C(O)O. The molecule has 0 unspecified atom stereocenters. The molecule has 23 heavy (non-hydrogen) atoms. The molecule has 0 aliphatic carbocycles. The molecule has 1 aliphatic heterocycles. The Bertz CT molecular complexity index is 632. The summed E-state index contributed by atoms with van der Waals surface area (Å²) in [5, 5.41) is 21.8. The summed E-state index contributed by atoms with van der Waals surface area (Å²) in [6.45, 7) is 2.35. The molecule has 0 bridgehead atoms. The number of amides is 1. The third kappa shape index (κ3) is 4.21. The molecule has 1 heterocycles. The highest BCUT2D eigenvalue weighted by atomic mass is 16.5. The molecule has 1 amide bonds. The fraction of sp³-hybridized carbons (Fsp3) is 0.389. The van der Waals surface area contributed by atoms with Gasteiger partial charge in [-0.05, 0) is 48.6 Å². The van der Waals surface area contributed by atoms with Crippen molar-refractivity contribution in [3.63, 3.8) is 0 Å². The Morgan fingerprint density at radius 2 is 2.22 bits per heavy atom. The molecule has 0 radical (unpaired) electrons. The van der Waals surface area contributed by atoms with Gasteiger partial charge in [0.2, 0.25) is 5.91 Å². The maximum atomic E-state index is 12.4. The second-order valence-electron chi connectivity index (χ2n) is 5.46. The Labute approximate surface area is 136 Å². The molecule has 2 rings (SSSR count). The van der Waals surface area contributed by atoms with E-state index in [0.717, 1.165) is 29.7 Å². The molecule has 1 aromatic carbocycles. The monoisotopic (exact) mass is 317 g/mol. The van der Waals surface area contributed by atoms with Gasteiger partial charge in [-0.3, -0.25) is 4.79 Å². The van der Waals surface area contributed by atoms with Gasteiger partial charge in [-0.15, -0.1) is 0 Å². The van der Waals surface area contributed by atoms with Gasteiger partial charge in [-0.25, -0.2) is 0 Å². The van der Waals surface area contributed by atoms with Crippen LogP contribution in [0, 0.1) is 0 Å². The number of hydrogen-bond acceptors (Lipinski definition) is 4. The quantitative estimate of drug-likeness (QED) is 0.573. The molecule has 0 fully saturated rings. The van der Waals surface area contributed by atoms with Gasteiger partial charge in [-0.1, -0.05) is 18.2 Å². The normalized spacial score (nSPS) is 16.4. The van der Waals surface area contributed by atoms with Crippen LogP contribution >= 0.6 is 0 Å². The van der Waals surface area contributed by atoms with Crippen LogP contribution in [0.25, 0.3) is 5.57 Å². The number of rotatable bonds is 5. The predicted molar refractivity (Wildman–Crippen MR) is 88.8 cm³/mol. The van der Waals surface area contributed by atoms with Crippen molar-refractivity contribution in [1.29, 1.82) is 0 Å². The van der Waals surface area contributed by atoms with Gasteiger partial charge in [-0.2, -0.15) is 0 Å². The average molecular weight is 317 g/mol. The Hall–Kier alpha value is -2.11. The number of aliphatic hydroxyl groups is 2. The van der Waals surface area contributed by atoms with E-state index in [0.29, 0.717) is 17.7 Å². The molecule has 0 aromatic heterocycles. The molecule has 0 atom stereocenters. The summed E-state index contributed by atoms with van der Waals surface area (Å²) in [6.07, 6.45) is 1.88. The van der Waals surface area contributed by atoms with Crippen LogP contribution < -0.4 is 10.1 Å². The van der Waals surface area contributed by atoms with Crippen LogP contribution in [0.5, 0.6) is 5.75 Å². The van der Waals surface area contributed by atoms with Gasteiger partial charge in [0, 0.05) is 18.5 Å². The lowest BCUT2D eigenvalue weighted by Crippen LogP contribution is -2.25. The average Bonchev–Trinajstić information content (AvgIpc) is 2.74. The minimum absolute atomic E-state index is 0.152. The van der Waals surface area contributed by atoms with E-state index in [4.69, 9.17) is 4.74 Å². The van der Waals surface area contributed by atoms with Crippen LogP contribution in [-0.4, -0.2) is 36.1 Å². The van der Waals surface area contributed by atoms with Crippen molar-refractivity contribution in [3.05, 3.63) is 47.1 Å². The third-order valence-electron chi connectivity index (χ3n) is 4.03. The Morgan fingerprint density at radius 3 is 2.87 bits per heavy atom. The van der Waals surface area contributed by atoms with Crippen molar-refractivity contribution in [1.82, 2.24) is 5.32 Å². The van der Waals surface area contributed by atoms with Crippen molar-refractivity contribution in [2.45, 2.75) is 32.5 Å². The van der Waals surface area contributed by atoms with Crippen molar-refractivity contribution in [2.24, 2.45) is 0 Å². The van der Waals surface area contributed by atoms with Crippen molar-refractivity contribution in [3.8, 4) is 5.75 Å². The lowest BCUT2D eigenvalue weighted by molar-refractivity contribution is -0.117. The summed E-state index contributed by atoms with van der Waals surface area (Å²) in [5.41, 5.74) is 2.85. The zero-order chi connectivity index (χ0) is 16.8. The van der Waals surface area contributed by atoms with E-state index >= 15 is 0 Å². The molecule has 0 saturated carbocycles. The minimum Gasteiger partial charge on any atom is -0.497 e. The summed E-state index contributed by atoms with van der Waals surface area (Å²) in [7, 11) is 1.61. The first-order valence-electron chi connectivity index (χ1n) is 7.72. The predicted octanol–water partition coefficient (Wildman–Crippen LogP) is 2.01. The molecular formula is C18H23NO4. The fourth-order valence-electron chi connectivity index (χ4n) is 2.72. The summed E-state index contributed by atoms with van der Waals surface area (Å²) >= 11 is 0. The summed E-state index contributed by atoms with van der Waals surface area (Å²) < 4.78 is 5.26. The molecule has 0 spiro atoms. The number of hydrogen-bond donors (Lipinski definition) is 3. The number of carbonyl (C=O) groups excluding carboxylic acids is 1. The van der Waals surface area contributed by atoms with E-state index in [2.05, 4.69) is 5.32 Å². The Morgan fingerprint density at radius 1 is 1.43 bits per heavy atom. The van der Waals surface area contributed by atoms with E-state index in [1.165, 1.54) is 0 Å². The van der Waals surface area contributed by atoms with E-state index in [9.17, 15) is 15.0 Å². The van der Waals surface area contributed by atoms with E-state index < -0.39 is 6.29 Å². The summed E-state index contributed by atoms with van der Waals surface area (Å²) in [4.78, 5) is 12.4. The van der Waals surface area contributed by atoms with Crippen molar-refractivity contribution < 1.29 is 19.7 Å². The molecule has 124 valence electrons. The minimum atomic E-state index is -1.56. The van der Waals surface area contributed by atoms with Gasteiger partial charge in [0.15, 0.2) is 6.29 Å². The first kappa shape index (κ1) is 17.2. The Kier molecular flexibility index (Phi) is 5.96. The zero-order valence-corrected chi connectivity index (χ0v) is 13.5. The van der Waals surface area contributed by atoms with E-state index in [-0.39, 0.29) is 12.3 Å². The third-order valence-corrected chi connectivity index (χ3v) is 4.03. The van der Waals surface area contributed by atoms with Crippen LogP contribution in [-0.2, 0) is 4.79 Å². The molecule has 0 saturated heterocycles. The maximum absolute atomic E-state index is 12.4. The van der Waals surface area contributed by atoms with Gasteiger partial charge in [0.25, 0.3) is 0 Å². The van der Waals surface area contributed by atoms with Crippen molar-refractivity contribution >= 4 is 11.5 Å². The van der Waals surface area contributed by atoms with Crippen LogP contribution in [0.4, 0.5) is 0 Å². The van der Waals surface area contributed by atoms with Gasteiger partial charge in [0.05, 0.1) is 7.11 Å². The fourth-order valence-corrected chi connectivity index (χ4v) is 2.72. The molecule has 5 nitrogen and oxygen atoms in total. The van der Waals surface area contributed by atoms with Crippen molar-refractivity contribution in [2.75, 3.05) is 13.7 Å². The number of carbonyl (C=O) groups is 1. The number of ether oxygens (including phenoxy) is 1. The Balaban J connectivity index is 2.49. The number of allylic oxidation sites excluding steroid dienone is 2. The first-order chi connectivity index (χ1) is 11.1. The lowest BCUT2D eigenvalue weighted by Gasteiger charge is -2.16. The topological polar surface area (TPSA) is 78.8 Å². The highest BCUT2D eigenvalue weighted by Crippen LogP contribution is 2.31. The number of benzene rings is 1. The second kappa shape index (κ2) is 7.94.